The predicted molar refractivity (Wildman–Crippen MR) is 130 cm³/mol. The van der Waals surface area contributed by atoms with E-state index in [0.717, 1.165) is 18.4 Å². The number of benzene rings is 1. The SMILES string of the molecule is Cc1cc([C@](C)(O)C#Cc2cc3c(cc2F)C2=CC(C2)n2c-3nc(C(N)=O)c2CNC(=O)C2CC2)no1. The van der Waals surface area contributed by atoms with E-state index in [-0.39, 0.29) is 41.4 Å². The maximum atomic E-state index is 15.2. The maximum absolute atomic E-state index is 15.2. The van der Waals surface area contributed by atoms with Gasteiger partial charge in [0.05, 0.1) is 23.8 Å². The van der Waals surface area contributed by atoms with Crippen molar-refractivity contribution in [2.24, 2.45) is 11.7 Å². The standard InChI is InChI=1S/C27H24FN5O4/c1-13-7-22(32-37-13)27(2,36)6-5-15-10-19-18(11-20(15)28)16-8-17(9-16)33-21(12-30-26(35)14-3-4-14)23(24(29)34)31-25(19)33/h7-8,10-11,14,17,36H,3-4,9,12H2,1-2H3,(H2,29,34)(H,30,35)/t17?,27-/m1/s1. The molecule has 10 heteroatoms. The third kappa shape index (κ3) is 3.92. The van der Waals surface area contributed by atoms with Crippen LogP contribution in [0.5, 0.6) is 0 Å². The summed E-state index contributed by atoms with van der Waals surface area (Å²) in [6, 6.07) is 4.44. The number of aromatic nitrogens is 3. The van der Waals surface area contributed by atoms with E-state index in [1.165, 1.54) is 13.0 Å². The number of amides is 2. The summed E-state index contributed by atoms with van der Waals surface area (Å²) in [4.78, 5) is 29.2. The Morgan fingerprint density at radius 1 is 1.32 bits per heavy atom. The van der Waals surface area contributed by atoms with Crippen LogP contribution < -0.4 is 11.1 Å². The fourth-order valence-corrected chi connectivity index (χ4v) is 4.80. The van der Waals surface area contributed by atoms with Crippen molar-refractivity contribution in [2.45, 2.75) is 51.3 Å². The fraction of sp³-hybridized carbons (Fsp3) is 0.333. The van der Waals surface area contributed by atoms with Crippen LogP contribution in [0.1, 0.15) is 71.0 Å². The van der Waals surface area contributed by atoms with Crippen molar-refractivity contribution < 1.29 is 23.6 Å². The zero-order valence-electron chi connectivity index (χ0n) is 20.3. The molecule has 2 aromatic heterocycles. The minimum absolute atomic E-state index is 0.0157. The molecule has 1 saturated carbocycles. The molecule has 3 aromatic rings. The Kier molecular flexibility index (Phi) is 5.10. The quantitative estimate of drug-likeness (QED) is 0.460. The number of primary amides is 1. The molecule has 9 nitrogen and oxygen atoms in total. The number of hydrogen-bond acceptors (Lipinski definition) is 6. The average molecular weight is 502 g/mol. The van der Waals surface area contributed by atoms with E-state index in [4.69, 9.17) is 10.3 Å². The summed E-state index contributed by atoms with van der Waals surface area (Å²) >= 11 is 0. The Balaban J connectivity index is 1.43. The van der Waals surface area contributed by atoms with Crippen LogP contribution in [0.2, 0.25) is 0 Å². The minimum Gasteiger partial charge on any atom is -0.372 e. The van der Waals surface area contributed by atoms with Gasteiger partial charge in [0, 0.05) is 17.5 Å². The van der Waals surface area contributed by atoms with Gasteiger partial charge in [0.2, 0.25) is 5.91 Å². The number of hydrogen-bond donors (Lipinski definition) is 3. The van der Waals surface area contributed by atoms with E-state index >= 15 is 4.39 Å². The second-order valence-corrected chi connectivity index (χ2v) is 9.94. The summed E-state index contributed by atoms with van der Waals surface area (Å²) in [5.41, 5.74) is 7.08. The molecule has 0 spiro atoms. The highest BCUT2D eigenvalue weighted by atomic mass is 19.1. The molecule has 188 valence electrons. The van der Waals surface area contributed by atoms with Crippen LogP contribution in [0.4, 0.5) is 4.39 Å². The van der Waals surface area contributed by atoms with Gasteiger partial charge in [-0.1, -0.05) is 23.1 Å². The van der Waals surface area contributed by atoms with Gasteiger partial charge in [0.1, 0.15) is 23.1 Å². The molecule has 1 unspecified atom stereocenters. The molecular formula is C27H24FN5O4. The number of carbonyl (C=O) groups is 2. The van der Waals surface area contributed by atoms with Gasteiger partial charge in [-0.25, -0.2) is 9.37 Å². The first-order valence-electron chi connectivity index (χ1n) is 12.1. The lowest BCUT2D eigenvalue weighted by Crippen LogP contribution is -2.28. The first kappa shape index (κ1) is 23.2. The number of imidazole rings is 1. The maximum Gasteiger partial charge on any atom is 0.269 e. The van der Waals surface area contributed by atoms with E-state index in [9.17, 15) is 14.7 Å². The molecule has 2 amide bonds. The molecule has 7 rings (SSSR count). The van der Waals surface area contributed by atoms with Crippen molar-refractivity contribution in [3.8, 4) is 23.2 Å². The molecule has 4 aliphatic rings. The van der Waals surface area contributed by atoms with Crippen molar-refractivity contribution in [3.05, 3.63) is 64.1 Å². The van der Waals surface area contributed by atoms with Gasteiger partial charge in [0.25, 0.3) is 5.91 Å². The van der Waals surface area contributed by atoms with Gasteiger partial charge >= 0.3 is 0 Å². The number of carbonyl (C=O) groups excluding carboxylic acids is 2. The topological polar surface area (TPSA) is 136 Å². The fourth-order valence-electron chi connectivity index (χ4n) is 4.80. The second kappa shape index (κ2) is 8.15. The van der Waals surface area contributed by atoms with Crippen LogP contribution in [0.3, 0.4) is 0 Å². The number of aliphatic hydroxyl groups is 1. The highest BCUT2D eigenvalue weighted by molar-refractivity contribution is 5.94. The van der Waals surface area contributed by atoms with Gasteiger partial charge in [-0.15, -0.1) is 0 Å². The monoisotopic (exact) mass is 501 g/mol. The smallest absolute Gasteiger partial charge is 0.269 e. The Hall–Kier alpha value is -4.23. The predicted octanol–water partition coefficient (Wildman–Crippen LogP) is 2.71. The van der Waals surface area contributed by atoms with Crippen molar-refractivity contribution in [1.82, 2.24) is 20.0 Å². The molecule has 4 heterocycles. The number of allylic oxidation sites excluding steroid dienone is 2. The lowest BCUT2D eigenvalue weighted by molar-refractivity contribution is -0.122. The minimum atomic E-state index is -1.66. The van der Waals surface area contributed by atoms with Crippen molar-refractivity contribution in [1.29, 1.82) is 0 Å². The van der Waals surface area contributed by atoms with E-state index in [0.29, 0.717) is 34.8 Å². The third-order valence-electron chi connectivity index (χ3n) is 7.04. The van der Waals surface area contributed by atoms with Crippen LogP contribution in [-0.2, 0) is 16.9 Å². The van der Waals surface area contributed by atoms with Crippen molar-refractivity contribution in [3.63, 3.8) is 0 Å². The van der Waals surface area contributed by atoms with Crippen LogP contribution in [-0.4, -0.2) is 31.6 Å². The number of rotatable bonds is 5. The highest BCUT2D eigenvalue weighted by Crippen LogP contribution is 2.48. The normalized spacial score (nSPS) is 18.7. The summed E-state index contributed by atoms with van der Waals surface area (Å²) in [6.07, 6.45) is 4.35. The number of nitrogens with two attached hydrogens (primary N) is 1. The third-order valence-corrected chi connectivity index (χ3v) is 7.04. The van der Waals surface area contributed by atoms with Gasteiger partial charge in [0.15, 0.2) is 11.3 Å². The summed E-state index contributed by atoms with van der Waals surface area (Å²) in [5.74, 6) is 5.09. The molecular weight excluding hydrogens is 477 g/mol. The van der Waals surface area contributed by atoms with Gasteiger partial charge < -0.3 is 25.2 Å². The molecule has 37 heavy (non-hydrogen) atoms. The molecule has 1 aromatic carbocycles. The van der Waals surface area contributed by atoms with Crippen LogP contribution in [0.15, 0.2) is 28.8 Å². The highest BCUT2D eigenvalue weighted by Gasteiger charge is 2.37. The Morgan fingerprint density at radius 3 is 2.73 bits per heavy atom. The molecule has 0 saturated heterocycles. The molecule has 4 N–H and O–H groups in total. The van der Waals surface area contributed by atoms with E-state index in [1.807, 2.05) is 10.6 Å². The second-order valence-electron chi connectivity index (χ2n) is 9.94. The Labute approximate surface area is 211 Å². The number of nitrogens with zero attached hydrogens (tertiary/aromatic N) is 3. The molecule has 2 bridgehead atoms. The average Bonchev–Trinajstić information content (AvgIpc) is 3.52. The largest absolute Gasteiger partial charge is 0.372 e. The summed E-state index contributed by atoms with van der Waals surface area (Å²) in [5, 5.41) is 17.5. The lowest BCUT2D eigenvalue weighted by atomic mass is 9.86. The molecule has 2 aliphatic carbocycles. The zero-order valence-corrected chi connectivity index (χ0v) is 20.3. The molecule has 2 aliphatic heterocycles. The Morgan fingerprint density at radius 2 is 2.08 bits per heavy atom. The first-order valence-corrected chi connectivity index (χ1v) is 12.1. The molecule has 1 fully saturated rings. The van der Waals surface area contributed by atoms with Crippen LogP contribution >= 0.6 is 0 Å². The van der Waals surface area contributed by atoms with Crippen LogP contribution in [0, 0.1) is 30.5 Å². The first-order chi connectivity index (χ1) is 17.6. The van der Waals surface area contributed by atoms with Gasteiger partial charge in [-0.2, -0.15) is 0 Å². The molecule has 2 atom stereocenters. The van der Waals surface area contributed by atoms with Crippen molar-refractivity contribution in [2.75, 3.05) is 0 Å². The summed E-state index contributed by atoms with van der Waals surface area (Å²) < 4.78 is 22.1. The number of nitrogens with one attached hydrogen (secondary N) is 1. The Bertz CT molecular complexity index is 1580. The van der Waals surface area contributed by atoms with Crippen LogP contribution in [0.25, 0.3) is 17.0 Å². The molecule has 0 radical (unpaired) electrons. The van der Waals surface area contributed by atoms with E-state index < -0.39 is 17.3 Å². The van der Waals surface area contributed by atoms with Crippen molar-refractivity contribution >= 4 is 17.4 Å². The number of halogens is 1. The summed E-state index contributed by atoms with van der Waals surface area (Å²) in [7, 11) is 0. The van der Waals surface area contributed by atoms with Gasteiger partial charge in [-0.3, -0.25) is 9.59 Å². The summed E-state index contributed by atoms with van der Waals surface area (Å²) in [6.45, 7) is 3.26. The van der Waals surface area contributed by atoms with E-state index in [1.54, 1.807) is 19.1 Å². The zero-order chi connectivity index (χ0) is 26.1. The number of aryl methyl sites for hydroxylation is 1. The van der Waals surface area contributed by atoms with Gasteiger partial charge in [-0.05, 0) is 56.4 Å². The van der Waals surface area contributed by atoms with E-state index in [2.05, 4.69) is 27.3 Å². The lowest BCUT2D eigenvalue weighted by Gasteiger charge is -2.26.